The highest BCUT2D eigenvalue weighted by molar-refractivity contribution is 6.30. The average Bonchev–Trinajstić information content (AvgIpc) is 2.71. The van der Waals surface area contributed by atoms with Crippen molar-refractivity contribution in [3.63, 3.8) is 0 Å². The number of fused-ring (bicyclic) bond motifs is 2. The molecule has 31 heavy (non-hydrogen) atoms. The van der Waals surface area contributed by atoms with E-state index in [0.717, 1.165) is 0 Å². The van der Waals surface area contributed by atoms with Crippen molar-refractivity contribution >= 4 is 24.0 Å². The fourth-order valence-corrected chi connectivity index (χ4v) is 4.06. The first-order valence-electron chi connectivity index (χ1n) is 9.72. The second-order valence-electron chi connectivity index (χ2n) is 7.73. The Balaban J connectivity index is 0.00000272. The van der Waals surface area contributed by atoms with Gasteiger partial charge in [0.2, 0.25) is 0 Å². The third kappa shape index (κ3) is 3.81. The third-order valence-electron chi connectivity index (χ3n) is 5.72. The van der Waals surface area contributed by atoms with Crippen molar-refractivity contribution in [3.05, 3.63) is 58.1 Å². The van der Waals surface area contributed by atoms with Gasteiger partial charge in [0.05, 0.1) is 29.4 Å². The molecule has 1 aliphatic heterocycles. The number of carbonyl (C=O) groups excluding carboxylic acids is 2. The first kappa shape index (κ1) is 23.2. The Bertz CT molecular complexity index is 1030. The molecule has 0 amide bonds. The second-order valence-corrected chi connectivity index (χ2v) is 7.73. The average molecular weight is 450 g/mol. The number of hydrogen-bond acceptors (Lipinski definition) is 8. The lowest BCUT2D eigenvalue weighted by Gasteiger charge is -2.37. The summed E-state index contributed by atoms with van der Waals surface area (Å²) in [7, 11) is 0. The molecule has 2 aromatic rings. The number of phenols is 2. The van der Waals surface area contributed by atoms with Crippen molar-refractivity contribution in [1.29, 1.82) is 0 Å². The number of halogens is 1. The van der Waals surface area contributed by atoms with Crippen molar-refractivity contribution in [2.75, 3.05) is 0 Å². The molecule has 0 spiro atoms. The number of benzene rings is 2. The SMILES string of the molecule is C[C@H](O[C@@H]1C[C@@H](N)[C@@H](O)[C@H](C)O1)c1cc(O)c2c(c1O)C(=O)c1ccccc1C2=O.Cl. The van der Waals surface area contributed by atoms with E-state index >= 15 is 0 Å². The highest BCUT2D eigenvalue weighted by atomic mass is 35.5. The van der Waals surface area contributed by atoms with E-state index in [0.29, 0.717) is 0 Å². The van der Waals surface area contributed by atoms with Crippen LogP contribution in [0.1, 0.15) is 63.8 Å². The molecular weight excluding hydrogens is 426 g/mol. The molecule has 0 saturated carbocycles. The van der Waals surface area contributed by atoms with Gasteiger partial charge < -0.3 is 30.5 Å². The minimum Gasteiger partial charge on any atom is -0.507 e. The molecule has 1 aliphatic carbocycles. The molecule has 1 fully saturated rings. The molecule has 0 radical (unpaired) electrons. The Morgan fingerprint density at radius 2 is 1.71 bits per heavy atom. The lowest BCUT2D eigenvalue weighted by molar-refractivity contribution is -0.238. The highest BCUT2D eigenvalue weighted by Gasteiger charge is 2.38. The van der Waals surface area contributed by atoms with Crippen LogP contribution in [0.3, 0.4) is 0 Å². The predicted octanol–water partition coefficient (Wildman–Crippen LogP) is 2.20. The number of carbonyl (C=O) groups is 2. The third-order valence-corrected chi connectivity index (χ3v) is 5.72. The van der Waals surface area contributed by atoms with Gasteiger partial charge in [0, 0.05) is 29.2 Å². The predicted molar refractivity (Wildman–Crippen MR) is 113 cm³/mol. The maximum Gasteiger partial charge on any atom is 0.198 e. The van der Waals surface area contributed by atoms with Crippen LogP contribution in [0, 0.1) is 0 Å². The Hall–Kier alpha value is -2.49. The molecule has 5 N–H and O–H groups in total. The zero-order valence-corrected chi connectivity index (χ0v) is 17.8. The molecule has 2 aliphatic rings. The molecule has 9 heteroatoms. The Morgan fingerprint density at radius 3 is 2.29 bits per heavy atom. The first-order valence-corrected chi connectivity index (χ1v) is 9.72. The monoisotopic (exact) mass is 449 g/mol. The minimum atomic E-state index is -0.815. The van der Waals surface area contributed by atoms with Crippen LogP contribution in [0.5, 0.6) is 11.5 Å². The van der Waals surface area contributed by atoms with Gasteiger partial charge >= 0.3 is 0 Å². The fraction of sp³-hybridized carbons (Fsp3) is 0.364. The summed E-state index contributed by atoms with van der Waals surface area (Å²) in [6.45, 7) is 3.29. The molecule has 2 aromatic carbocycles. The summed E-state index contributed by atoms with van der Waals surface area (Å²) < 4.78 is 11.5. The second kappa shape index (κ2) is 8.57. The summed E-state index contributed by atoms with van der Waals surface area (Å²) in [5.74, 6) is -1.91. The molecule has 4 rings (SSSR count). The number of phenolic OH excluding ortho intramolecular Hbond substituents is 2. The van der Waals surface area contributed by atoms with Gasteiger partial charge in [0.15, 0.2) is 17.9 Å². The first-order chi connectivity index (χ1) is 14.2. The van der Waals surface area contributed by atoms with Crippen LogP contribution in [0.2, 0.25) is 0 Å². The number of ether oxygens (including phenoxy) is 2. The van der Waals surface area contributed by atoms with Gasteiger partial charge in [0.25, 0.3) is 0 Å². The van der Waals surface area contributed by atoms with Crippen LogP contribution < -0.4 is 5.73 Å². The summed E-state index contributed by atoms with van der Waals surface area (Å²) in [6, 6.07) is 6.95. The van der Waals surface area contributed by atoms with E-state index in [-0.39, 0.29) is 46.6 Å². The molecule has 1 heterocycles. The summed E-state index contributed by atoms with van der Waals surface area (Å²) >= 11 is 0. The normalized spacial score (nSPS) is 25.9. The summed E-state index contributed by atoms with van der Waals surface area (Å²) in [5.41, 5.74) is 5.94. The maximum atomic E-state index is 13.0. The number of aromatic hydroxyl groups is 2. The molecule has 8 nitrogen and oxygen atoms in total. The standard InChI is InChI=1S/C22H23NO7.ClH/c1-9(29-16-8-14(23)19(25)10(2)30-16)13-7-15(24)17-18(22(13)28)21(27)12-6-4-3-5-11(12)20(17)26;/h3-7,9-10,14,16,19,24-25,28H,8,23H2,1-2H3;1H/t9-,10-,14+,16-,19-;/m0./s1. The lowest BCUT2D eigenvalue weighted by Crippen LogP contribution is -2.51. The van der Waals surface area contributed by atoms with Crippen LogP contribution >= 0.6 is 12.4 Å². The zero-order chi connectivity index (χ0) is 21.7. The lowest BCUT2D eigenvalue weighted by atomic mass is 9.81. The molecule has 5 atom stereocenters. The molecule has 166 valence electrons. The Morgan fingerprint density at radius 1 is 1.13 bits per heavy atom. The zero-order valence-electron chi connectivity index (χ0n) is 16.9. The molecule has 0 aromatic heterocycles. The van der Waals surface area contributed by atoms with Gasteiger partial charge in [-0.1, -0.05) is 24.3 Å². The van der Waals surface area contributed by atoms with Crippen LogP contribution in [0.4, 0.5) is 0 Å². The van der Waals surface area contributed by atoms with E-state index in [4.69, 9.17) is 15.2 Å². The van der Waals surface area contributed by atoms with Gasteiger partial charge in [-0.15, -0.1) is 12.4 Å². The number of aliphatic hydroxyl groups excluding tert-OH is 1. The summed E-state index contributed by atoms with van der Waals surface area (Å²) in [4.78, 5) is 25.8. The fourth-order valence-electron chi connectivity index (χ4n) is 4.06. The van der Waals surface area contributed by atoms with Gasteiger partial charge in [-0.2, -0.15) is 0 Å². The van der Waals surface area contributed by atoms with Gasteiger partial charge in [-0.25, -0.2) is 0 Å². The number of hydrogen-bond donors (Lipinski definition) is 4. The smallest absolute Gasteiger partial charge is 0.198 e. The highest BCUT2D eigenvalue weighted by Crippen LogP contribution is 2.43. The minimum absolute atomic E-state index is 0. The Kier molecular flexibility index (Phi) is 6.40. The van der Waals surface area contributed by atoms with E-state index in [1.54, 1.807) is 26.0 Å². The Labute approximate surface area is 185 Å². The summed E-state index contributed by atoms with van der Waals surface area (Å²) in [5, 5.41) is 31.3. The van der Waals surface area contributed by atoms with Crippen LogP contribution in [-0.2, 0) is 9.47 Å². The largest absolute Gasteiger partial charge is 0.507 e. The number of rotatable bonds is 3. The van der Waals surface area contributed by atoms with Gasteiger partial charge in [0.1, 0.15) is 11.5 Å². The molecule has 0 bridgehead atoms. The van der Waals surface area contributed by atoms with Crippen molar-refractivity contribution in [3.8, 4) is 11.5 Å². The van der Waals surface area contributed by atoms with Crippen LogP contribution in [0.25, 0.3) is 0 Å². The molecular formula is C22H24ClNO7. The van der Waals surface area contributed by atoms with E-state index in [1.807, 2.05) is 0 Å². The van der Waals surface area contributed by atoms with Crippen molar-refractivity contribution < 1.29 is 34.4 Å². The topological polar surface area (TPSA) is 139 Å². The van der Waals surface area contributed by atoms with Crippen molar-refractivity contribution in [2.45, 2.75) is 50.9 Å². The van der Waals surface area contributed by atoms with Crippen LogP contribution in [-0.4, -0.2) is 51.4 Å². The number of aliphatic hydroxyl groups is 1. The summed E-state index contributed by atoms with van der Waals surface area (Å²) in [6.07, 6.45) is -2.65. The van der Waals surface area contributed by atoms with Gasteiger partial charge in [-0.05, 0) is 19.9 Å². The van der Waals surface area contributed by atoms with E-state index in [9.17, 15) is 24.9 Å². The van der Waals surface area contributed by atoms with Gasteiger partial charge in [-0.3, -0.25) is 9.59 Å². The van der Waals surface area contributed by atoms with E-state index in [1.165, 1.54) is 18.2 Å². The molecule has 0 unspecified atom stereocenters. The number of nitrogens with two attached hydrogens (primary N) is 1. The number of ketones is 2. The van der Waals surface area contributed by atoms with Crippen LogP contribution in [0.15, 0.2) is 30.3 Å². The quantitative estimate of drug-likeness (QED) is 0.446. The maximum absolute atomic E-state index is 13.0. The van der Waals surface area contributed by atoms with E-state index in [2.05, 4.69) is 0 Å². The molecule has 1 saturated heterocycles. The van der Waals surface area contributed by atoms with Crippen molar-refractivity contribution in [2.24, 2.45) is 5.73 Å². The van der Waals surface area contributed by atoms with E-state index < -0.39 is 53.7 Å². The van der Waals surface area contributed by atoms with Crippen molar-refractivity contribution in [1.82, 2.24) is 0 Å².